The standard InChI is InChI=1S/C19H16N2OS/c22-18(16-11-15(16)13-7-3-1-4-8-13)21-19-20-17(12-23-19)14-9-5-2-6-10-14/h1-10,12,15-16H,11H2,(H,20,21,22)/t15-,16-/m0/s1. The molecule has 1 aliphatic carbocycles. The molecule has 23 heavy (non-hydrogen) atoms. The lowest BCUT2D eigenvalue weighted by molar-refractivity contribution is -0.117. The number of aromatic nitrogens is 1. The molecule has 2 atom stereocenters. The van der Waals surface area contributed by atoms with Crippen molar-refractivity contribution in [2.45, 2.75) is 12.3 Å². The van der Waals surface area contributed by atoms with E-state index in [1.165, 1.54) is 16.9 Å². The van der Waals surface area contributed by atoms with Gasteiger partial charge in [0.1, 0.15) is 0 Å². The van der Waals surface area contributed by atoms with Crippen molar-refractivity contribution in [1.29, 1.82) is 0 Å². The van der Waals surface area contributed by atoms with E-state index >= 15 is 0 Å². The Kier molecular flexibility index (Phi) is 3.67. The van der Waals surface area contributed by atoms with Crippen LogP contribution in [0, 0.1) is 5.92 Å². The Bertz CT molecular complexity index is 814. The molecule has 3 nitrogen and oxygen atoms in total. The summed E-state index contributed by atoms with van der Waals surface area (Å²) in [6.07, 6.45) is 0.923. The molecular weight excluding hydrogens is 304 g/mol. The van der Waals surface area contributed by atoms with Gasteiger partial charge in [0.2, 0.25) is 5.91 Å². The Morgan fingerprint density at radius 2 is 1.74 bits per heavy atom. The molecule has 3 aromatic rings. The number of benzene rings is 2. The molecule has 1 aromatic heterocycles. The van der Waals surface area contributed by atoms with Crippen molar-refractivity contribution in [2.24, 2.45) is 5.92 Å². The van der Waals surface area contributed by atoms with Gasteiger partial charge in [0.25, 0.3) is 0 Å². The number of hydrogen-bond acceptors (Lipinski definition) is 3. The maximum atomic E-state index is 12.4. The molecule has 0 spiro atoms. The van der Waals surface area contributed by atoms with Crippen molar-refractivity contribution in [3.63, 3.8) is 0 Å². The summed E-state index contributed by atoms with van der Waals surface area (Å²) in [5.41, 5.74) is 3.22. The third-order valence-electron chi connectivity index (χ3n) is 4.16. The third kappa shape index (κ3) is 3.03. The second-order valence-electron chi connectivity index (χ2n) is 5.75. The molecule has 1 heterocycles. The van der Waals surface area contributed by atoms with E-state index in [0.717, 1.165) is 17.7 Å². The van der Waals surface area contributed by atoms with Crippen molar-refractivity contribution in [1.82, 2.24) is 4.98 Å². The minimum atomic E-state index is 0.0708. The molecule has 1 saturated carbocycles. The van der Waals surface area contributed by atoms with Crippen molar-refractivity contribution >= 4 is 22.4 Å². The van der Waals surface area contributed by atoms with Gasteiger partial charge in [-0.25, -0.2) is 4.98 Å². The molecule has 0 aliphatic heterocycles. The molecule has 4 rings (SSSR count). The number of anilines is 1. The first kappa shape index (κ1) is 14.2. The Morgan fingerprint density at radius 3 is 2.48 bits per heavy atom. The highest BCUT2D eigenvalue weighted by Crippen LogP contribution is 2.48. The van der Waals surface area contributed by atoms with Gasteiger partial charge in [-0.2, -0.15) is 0 Å². The maximum Gasteiger partial charge on any atom is 0.229 e. The second-order valence-corrected chi connectivity index (χ2v) is 6.61. The van der Waals surface area contributed by atoms with E-state index in [1.807, 2.05) is 53.9 Å². The smallest absolute Gasteiger partial charge is 0.229 e. The van der Waals surface area contributed by atoms with Crippen LogP contribution in [0.5, 0.6) is 0 Å². The lowest BCUT2D eigenvalue weighted by atomic mass is 10.1. The summed E-state index contributed by atoms with van der Waals surface area (Å²) in [4.78, 5) is 16.9. The average Bonchev–Trinajstić information content (AvgIpc) is 3.29. The minimum Gasteiger partial charge on any atom is -0.302 e. The van der Waals surface area contributed by atoms with Crippen molar-refractivity contribution in [3.05, 3.63) is 71.6 Å². The highest BCUT2D eigenvalue weighted by atomic mass is 32.1. The van der Waals surface area contributed by atoms with Crippen LogP contribution >= 0.6 is 11.3 Å². The number of hydrogen-bond donors (Lipinski definition) is 1. The lowest BCUT2D eigenvalue weighted by Crippen LogP contribution is -2.14. The summed E-state index contributed by atoms with van der Waals surface area (Å²) in [5.74, 6) is 0.499. The molecule has 0 radical (unpaired) electrons. The molecule has 0 unspecified atom stereocenters. The van der Waals surface area contributed by atoms with Crippen LogP contribution < -0.4 is 5.32 Å². The predicted molar refractivity (Wildman–Crippen MR) is 93.5 cm³/mol. The third-order valence-corrected chi connectivity index (χ3v) is 4.92. The summed E-state index contributed by atoms with van der Waals surface area (Å²) >= 11 is 1.47. The Balaban J connectivity index is 1.42. The Labute approximate surface area is 139 Å². The Morgan fingerprint density at radius 1 is 1.04 bits per heavy atom. The topological polar surface area (TPSA) is 42.0 Å². The van der Waals surface area contributed by atoms with Gasteiger partial charge >= 0.3 is 0 Å². The largest absolute Gasteiger partial charge is 0.302 e. The molecule has 1 amide bonds. The van der Waals surface area contributed by atoms with Crippen LogP contribution in [0.15, 0.2) is 66.0 Å². The number of amides is 1. The van der Waals surface area contributed by atoms with Crippen LogP contribution in [-0.4, -0.2) is 10.9 Å². The summed E-state index contributed by atoms with van der Waals surface area (Å²) in [7, 11) is 0. The molecule has 4 heteroatoms. The number of rotatable bonds is 4. The number of carbonyl (C=O) groups excluding carboxylic acids is 1. The number of nitrogens with zero attached hydrogens (tertiary/aromatic N) is 1. The summed E-state index contributed by atoms with van der Waals surface area (Å²) in [5, 5.41) is 5.61. The fraction of sp³-hybridized carbons (Fsp3) is 0.158. The molecular formula is C19H16N2OS. The zero-order valence-electron chi connectivity index (χ0n) is 12.5. The Hall–Kier alpha value is -2.46. The molecule has 2 aromatic carbocycles. The van der Waals surface area contributed by atoms with E-state index in [9.17, 15) is 4.79 Å². The summed E-state index contributed by atoms with van der Waals surface area (Å²) in [6.45, 7) is 0. The van der Waals surface area contributed by atoms with Gasteiger partial charge in [0, 0.05) is 16.9 Å². The van der Waals surface area contributed by atoms with E-state index in [0.29, 0.717) is 11.0 Å². The first-order valence-electron chi connectivity index (χ1n) is 7.68. The monoisotopic (exact) mass is 320 g/mol. The fourth-order valence-corrected chi connectivity index (χ4v) is 3.55. The minimum absolute atomic E-state index is 0.0708. The van der Waals surface area contributed by atoms with Crippen molar-refractivity contribution < 1.29 is 4.79 Å². The summed E-state index contributed by atoms with van der Waals surface area (Å²) in [6, 6.07) is 20.2. The highest BCUT2D eigenvalue weighted by Gasteiger charge is 2.44. The van der Waals surface area contributed by atoms with Gasteiger partial charge < -0.3 is 5.32 Å². The molecule has 1 fully saturated rings. The van der Waals surface area contributed by atoms with Crippen LogP contribution in [0.1, 0.15) is 17.9 Å². The molecule has 1 N–H and O–H groups in total. The lowest BCUT2D eigenvalue weighted by Gasteiger charge is -2.01. The first-order chi connectivity index (χ1) is 11.3. The van der Waals surface area contributed by atoms with Gasteiger partial charge in [-0.3, -0.25) is 4.79 Å². The molecule has 0 bridgehead atoms. The van der Waals surface area contributed by atoms with Gasteiger partial charge in [-0.05, 0) is 17.9 Å². The van der Waals surface area contributed by atoms with Gasteiger partial charge in [0.05, 0.1) is 5.69 Å². The van der Waals surface area contributed by atoms with Gasteiger partial charge in [0.15, 0.2) is 5.13 Å². The maximum absolute atomic E-state index is 12.4. The van der Waals surface area contributed by atoms with E-state index in [4.69, 9.17) is 0 Å². The molecule has 0 saturated heterocycles. The van der Waals surface area contributed by atoms with Crippen LogP contribution in [-0.2, 0) is 4.79 Å². The SMILES string of the molecule is O=C(Nc1nc(-c2ccccc2)cs1)[C@H]1C[C@H]1c1ccccc1. The average molecular weight is 320 g/mol. The fourth-order valence-electron chi connectivity index (χ4n) is 2.82. The zero-order valence-corrected chi connectivity index (χ0v) is 13.3. The van der Waals surface area contributed by atoms with E-state index in [1.54, 1.807) is 0 Å². The van der Waals surface area contributed by atoms with Crippen LogP contribution in [0.4, 0.5) is 5.13 Å². The van der Waals surface area contributed by atoms with Crippen LogP contribution in [0.25, 0.3) is 11.3 Å². The van der Waals surface area contributed by atoms with Gasteiger partial charge in [-0.1, -0.05) is 60.7 Å². The quantitative estimate of drug-likeness (QED) is 0.766. The van der Waals surface area contributed by atoms with Crippen LogP contribution in [0.3, 0.4) is 0 Å². The second kappa shape index (κ2) is 5.97. The predicted octanol–water partition coefficient (Wildman–Crippen LogP) is 4.55. The van der Waals surface area contributed by atoms with Gasteiger partial charge in [-0.15, -0.1) is 11.3 Å². The number of thiazole rings is 1. The van der Waals surface area contributed by atoms with Crippen molar-refractivity contribution in [2.75, 3.05) is 5.32 Å². The number of carbonyl (C=O) groups is 1. The number of nitrogens with one attached hydrogen (secondary N) is 1. The molecule has 1 aliphatic rings. The van der Waals surface area contributed by atoms with E-state index in [2.05, 4.69) is 22.4 Å². The molecule has 114 valence electrons. The highest BCUT2D eigenvalue weighted by molar-refractivity contribution is 7.14. The zero-order chi connectivity index (χ0) is 15.6. The summed E-state index contributed by atoms with van der Waals surface area (Å²) < 4.78 is 0. The van der Waals surface area contributed by atoms with Crippen molar-refractivity contribution in [3.8, 4) is 11.3 Å². The van der Waals surface area contributed by atoms with Crippen LogP contribution in [0.2, 0.25) is 0 Å². The normalized spacial score (nSPS) is 19.3. The first-order valence-corrected chi connectivity index (χ1v) is 8.56. The van der Waals surface area contributed by atoms with E-state index in [-0.39, 0.29) is 11.8 Å². The van der Waals surface area contributed by atoms with E-state index < -0.39 is 0 Å².